The van der Waals surface area contributed by atoms with Gasteiger partial charge in [0.25, 0.3) is 11.5 Å². The van der Waals surface area contributed by atoms with Crippen LogP contribution in [0.1, 0.15) is 16.2 Å². The lowest BCUT2D eigenvalue weighted by atomic mass is 10.1. The topological polar surface area (TPSA) is 130 Å². The maximum absolute atomic E-state index is 12.0. The third-order valence-corrected chi connectivity index (χ3v) is 2.68. The Morgan fingerprint density at radius 1 is 1.43 bits per heavy atom. The van der Waals surface area contributed by atoms with E-state index in [-0.39, 0.29) is 12.1 Å². The number of amides is 1. The van der Waals surface area contributed by atoms with Crippen molar-refractivity contribution >= 4 is 11.9 Å². The quantitative estimate of drug-likeness (QED) is 0.606. The molecular formula is C12H13N5O4. The van der Waals surface area contributed by atoms with Gasteiger partial charge in [0.1, 0.15) is 11.7 Å². The molecule has 1 atom stereocenters. The van der Waals surface area contributed by atoms with Gasteiger partial charge in [-0.25, -0.2) is 14.9 Å². The zero-order valence-electron chi connectivity index (χ0n) is 11.1. The molecule has 9 nitrogen and oxygen atoms in total. The Morgan fingerprint density at radius 2 is 2.24 bits per heavy atom. The minimum atomic E-state index is -0.892. The average Bonchev–Trinajstić information content (AvgIpc) is 2.99. The molecule has 110 valence electrons. The number of methoxy groups -OCH3 is 1. The van der Waals surface area contributed by atoms with Crippen molar-refractivity contribution in [3.05, 3.63) is 46.4 Å². The lowest BCUT2D eigenvalue weighted by Gasteiger charge is -2.15. The monoisotopic (exact) mass is 291 g/mol. The highest BCUT2D eigenvalue weighted by atomic mass is 16.5. The van der Waals surface area contributed by atoms with E-state index >= 15 is 0 Å². The van der Waals surface area contributed by atoms with Gasteiger partial charge in [-0.05, 0) is 6.07 Å². The SMILES string of the molecule is COC(=O)[C@H](Cc1cnc[nH]1)NC(=O)c1ccc(=O)[nH]n1. The number of hydrogen-bond acceptors (Lipinski definition) is 6. The summed E-state index contributed by atoms with van der Waals surface area (Å²) in [6, 6.07) is 1.54. The van der Waals surface area contributed by atoms with Crippen LogP contribution in [-0.4, -0.2) is 45.2 Å². The Balaban J connectivity index is 2.10. The van der Waals surface area contributed by atoms with Crippen LogP contribution in [0.25, 0.3) is 0 Å². The molecule has 2 aromatic rings. The number of hydrogen-bond donors (Lipinski definition) is 3. The van der Waals surface area contributed by atoms with E-state index in [2.05, 4.69) is 30.2 Å². The highest BCUT2D eigenvalue weighted by molar-refractivity contribution is 5.95. The highest BCUT2D eigenvalue weighted by Crippen LogP contribution is 2.02. The van der Waals surface area contributed by atoms with Gasteiger partial charge in [0.15, 0.2) is 0 Å². The van der Waals surface area contributed by atoms with Crippen molar-refractivity contribution in [2.45, 2.75) is 12.5 Å². The number of nitrogens with one attached hydrogen (secondary N) is 3. The molecule has 0 spiro atoms. The lowest BCUT2D eigenvalue weighted by molar-refractivity contribution is -0.142. The molecule has 0 bridgehead atoms. The van der Waals surface area contributed by atoms with Crippen LogP contribution in [0.15, 0.2) is 29.5 Å². The maximum Gasteiger partial charge on any atom is 0.328 e. The Hall–Kier alpha value is -2.97. The van der Waals surface area contributed by atoms with Gasteiger partial charge in [-0.2, -0.15) is 5.10 Å². The molecule has 1 amide bonds. The predicted molar refractivity (Wildman–Crippen MR) is 70.4 cm³/mol. The summed E-state index contributed by atoms with van der Waals surface area (Å²) in [5.41, 5.74) is 0.238. The average molecular weight is 291 g/mol. The number of H-pyrrole nitrogens is 2. The molecule has 2 aromatic heterocycles. The van der Waals surface area contributed by atoms with Gasteiger partial charge in [0.2, 0.25) is 0 Å². The molecule has 21 heavy (non-hydrogen) atoms. The second-order valence-electron chi connectivity index (χ2n) is 4.14. The van der Waals surface area contributed by atoms with E-state index in [1.165, 1.54) is 25.6 Å². The standard InChI is InChI=1S/C12H13N5O4/c1-21-12(20)9(4-7-5-13-6-14-7)15-11(19)8-2-3-10(18)17-16-8/h2-3,5-6,9H,4H2,1H3,(H,13,14)(H,15,19)(H,17,18)/t9-/m0/s1. The van der Waals surface area contributed by atoms with Gasteiger partial charge in [0, 0.05) is 24.4 Å². The molecule has 0 aliphatic heterocycles. The molecule has 0 aromatic carbocycles. The van der Waals surface area contributed by atoms with Crippen LogP contribution in [0.4, 0.5) is 0 Å². The molecule has 2 rings (SSSR count). The second kappa shape index (κ2) is 6.46. The maximum atomic E-state index is 12.0. The minimum Gasteiger partial charge on any atom is -0.467 e. The fourth-order valence-corrected chi connectivity index (χ4v) is 1.65. The van der Waals surface area contributed by atoms with Gasteiger partial charge in [-0.3, -0.25) is 9.59 Å². The van der Waals surface area contributed by atoms with Crippen molar-refractivity contribution in [2.75, 3.05) is 7.11 Å². The number of nitrogens with zero attached hydrogens (tertiary/aromatic N) is 2. The van der Waals surface area contributed by atoms with Crippen LogP contribution in [0.2, 0.25) is 0 Å². The number of carbonyl (C=O) groups is 2. The summed E-state index contributed by atoms with van der Waals surface area (Å²) < 4.78 is 4.65. The van der Waals surface area contributed by atoms with Gasteiger partial charge < -0.3 is 15.0 Å². The molecule has 0 radical (unpaired) electrons. The number of aromatic nitrogens is 4. The molecule has 0 aliphatic carbocycles. The number of imidazole rings is 1. The van der Waals surface area contributed by atoms with Crippen molar-refractivity contribution in [3.63, 3.8) is 0 Å². The van der Waals surface area contributed by atoms with Gasteiger partial charge in [-0.1, -0.05) is 0 Å². The van der Waals surface area contributed by atoms with Crippen molar-refractivity contribution < 1.29 is 14.3 Å². The van der Waals surface area contributed by atoms with Crippen molar-refractivity contribution in [1.29, 1.82) is 0 Å². The van der Waals surface area contributed by atoms with Crippen molar-refractivity contribution in [1.82, 2.24) is 25.5 Å². The zero-order valence-corrected chi connectivity index (χ0v) is 11.1. The first-order chi connectivity index (χ1) is 10.1. The summed E-state index contributed by atoms with van der Waals surface area (Å²) in [6.45, 7) is 0. The van der Waals surface area contributed by atoms with Crippen molar-refractivity contribution in [2.24, 2.45) is 0 Å². The summed E-state index contributed by atoms with van der Waals surface area (Å²) in [6.07, 6.45) is 3.21. The third kappa shape index (κ3) is 3.75. The molecular weight excluding hydrogens is 278 g/mol. The Bertz CT molecular complexity index is 659. The molecule has 0 fully saturated rings. The highest BCUT2D eigenvalue weighted by Gasteiger charge is 2.23. The molecule has 9 heteroatoms. The first kappa shape index (κ1) is 14.4. The van der Waals surface area contributed by atoms with Gasteiger partial charge in [0.05, 0.1) is 13.4 Å². The number of carbonyl (C=O) groups excluding carboxylic acids is 2. The lowest BCUT2D eigenvalue weighted by Crippen LogP contribution is -2.43. The number of ether oxygens (including phenoxy) is 1. The van der Waals surface area contributed by atoms with E-state index in [1.807, 2.05) is 0 Å². The summed E-state index contributed by atoms with van der Waals surface area (Å²) in [5.74, 6) is -1.19. The molecule has 0 saturated heterocycles. The Morgan fingerprint density at radius 3 is 2.81 bits per heavy atom. The van der Waals surface area contributed by atoms with Crippen molar-refractivity contribution in [3.8, 4) is 0 Å². The Kier molecular flexibility index (Phi) is 4.44. The van der Waals surface area contributed by atoms with E-state index < -0.39 is 23.5 Å². The van der Waals surface area contributed by atoms with Crippen LogP contribution < -0.4 is 10.9 Å². The van der Waals surface area contributed by atoms with Gasteiger partial charge >= 0.3 is 5.97 Å². The Labute approximate surface area is 118 Å². The summed E-state index contributed by atoms with van der Waals surface area (Å²) in [4.78, 5) is 41.3. The van der Waals surface area contributed by atoms with E-state index in [4.69, 9.17) is 0 Å². The molecule has 0 unspecified atom stereocenters. The first-order valence-electron chi connectivity index (χ1n) is 6.02. The van der Waals surface area contributed by atoms with Crippen LogP contribution in [-0.2, 0) is 16.0 Å². The fraction of sp³-hybridized carbons (Fsp3) is 0.250. The van der Waals surface area contributed by atoms with E-state index in [1.54, 1.807) is 6.20 Å². The number of rotatable bonds is 5. The molecule has 0 aliphatic rings. The van der Waals surface area contributed by atoms with Crippen LogP contribution in [0.5, 0.6) is 0 Å². The summed E-state index contributed by atoms with van der Waals surface area (Å²) in [5, 5.41) is 8.23. The third-order valence-electron chi connectivity index (χ3n) is 2.68. The van der Waals surface area contributed by atoms with Crippen LogP contribution in [0.3, 0.4) is 0 Å². The zero-order chi connectivity index (χ0) is 15.2. The number of aromatic amines is 2. The summed E-state index contributed by atoms with van der Waals surface area (Å²) in [7, 11) is 1.23. The predicted octanol–water partition coefficient (Wildman–Crippen LogP) is -0.993. The van der Waals surface area contributed by atoms with E-state index in [0.717, 1.165) is 0 Å². The fourth-order valence-electron chi connectivity index (χ4n) is 1.65. The largest absolute Gasteiger partial charge is 0.467 e. The summed E-state index contributed by atoms with van der Waals surface area (Å²) >= 11 is 0. The van der Waals surface area contributed by atoms with Crippen LogP contribution >= 0.6 is 0 Å². The first-order valence-corrected chi connectivity index (χ1v) is 6.02. The molecule has 0 saturated carbocycles. The number of esters is 1. The normalized spacial score (nSPS) is 11.7. The minimum absolute atomic E-state index is 0.00638. The van der Waals surface area contributed by atoms with Crippen LogP contribution in [0, 0.1) is 0 Å². The van der Waals surface area contributed by atoms with E-state index in [0.29, 0.717) is 5.69 Å². The molecule has 3 N–H and O–H groups in total. The van der Waals surface area contributed by atoms with E-state index in [9.17, 15) is 14.4 Å². The second-order valence-corrected chi connectivity index (χ2v) is 4.14. The smallest absolute Gasteiger partial charge is 0.328 e. The van der Waals surface area contributed by atoms with Gasteiger partial charge in [-0.15, -0.1) is 0 Å². The molecule has 2 heterocycles.